The molecule has 0 saturated heterocycles. The van der Waals surface area contributed by atoms with Gasteiger partial charge in [-0.15, -0.1) is 0 Å². The van der Waals surface area contributed by atoms with Crippen molar-refractivity contribution in [2.24, 2.45) is 0 Å². The molecule has 0 aliphatic heterocycles. The van der Waals surface area contributed by atoms with Crippen molar-refractivity contribution in [3.05, 3.63) is 35.3 Å². The monoisotopic (exact) mass is 256 g/mol. The van der Waals surface area contributed by atoms with Crippen LogP contribution in [0.25, 0.3) is 5.82 Å². The Bertz CT molecular complexity index is 586. The maximum atomic E-state index is 12.6. The minimum atomic E-state index is -4.47. The second-order valence-electron chi connectivity index (χ2n) is 3.88. The highest BCUT2D eigenvalue weighted by Crippen LogP contribution is 2.28. The van der Waals surface area contributed by atoms with Gasteiger partial charge >= 0.3 is 6.18 Å². The number of pyridine rings is 1. The van der Waals surface area contributed by atoms with Gasteiger partial charge in [0.15, 0.2) is 5.82 Å². The molecule has 2 aromatic heterocycles. The topological polar surface area (TPSA) is 56.7 Å². The Morgan fingerprint density at radius 2 is 1.89 bits per heavy atom. The third kappa shape index (κ3) is 2.03. The summed E-state index contributed by atoms with van der Waals surface area (Å²) >= 11 is 0. The molecule has 96 valence electrons. The van der Waals surface area contributed by atoms with Gasteiger partial charge in [-0.25, -0.2) is 9.67 Å². The van der Waals surface area contributed by atoms with E-state index in [0.717, 1.165) is 6.07 Å². The van der Waals surface area contributed by atoms with Gasteiger partial charge in [0.2, 0.25) is 0 Å². The summed E-state index contributed by atoms with van der Waals surface area (Å²) in [7, 11) is 0. The third-order valence-electron chi connectivity index (χ3n) is 2.59. The molecular formula is C11H11F3N4. The van der Waals surface area contributed by atoms with Crippen LogP contribution in [0, 0.1) is 13.8 Å². The number of aryl methyl sites for hydroxylation is 1. The Labute approximate surface area is 101 Å². The smallest absolute Gasteiger partial charge is 0.396 e. The highest BCUT2D eigenvalue weighted by Gasteiger charge is 2.32. The lowest BCUT2D eigenvalue weighted by Crippen LogP contribution is -2.11. The van der Waals surface area contributed by atoms with Crippen LogP contribution < -0.4 is 5.73 Å². The van der Waals surface area contributed by atoms with Gasteiger partial charge in [-0.3, -0.25) is 0 Å². The highest BCUT2D eigenvalue weighted by atomic mass is 19.4. The van der Waals surface area contributed by atoms with Gasteiger partial charge in [0.25, 0.3) is 0 Å². The van der Waals surface area contributed by atoms with Gasteiger partial charge in [0, 0.05) is 0 Å². The maximum absolute atomic E-state index is 12.6. The number of nitrogens with two attached hydrogens (primary N) is 1. The quantitative estimate of drug-likeness (QED) is 0.852. The van der Waals surface area contributed by atoms with E-state index in [2.05, 4.69) is 10.1 Å². The van der Waals surface area contributed by atoms with E-state index in [1.807, 2.05) is 0 Å². The molecule has 0 spiro atoms. The molecule has 0 aliphatic rings. The van der Waals surface area contributed by atoms with E-state index in [1.54, 1.807) is 13.8 Å². The molecule has 2 heterocycles. The molecule has 0 radical (unpaired) electrons. The Kier molecular flexibility index (Phi) is 2.76. The summed E-state index contributed by atoms with van der Waals surface area (Å²) in [6, 6.07) is 3.66. The zero-order chi connectivity index (χ0) is 13.5. The van der Waals surface area contributed by atoms with Gasteiger partial charge in [0.05, 0.1) is 17.1 Å². The molecule has 0 aliphatic carbocycles. The predicted octanol–water partition coefficient (Wildman–Crippen LogP) is 2.49. The Balaban J connectivity index is 2.55. The number of anilines is 1. The molecule has 0 bridgehead atoms. The summed E-state index contributed by atoms with van der Waals surface area (Å²) in [5.74, 6) is 0.0992. The van der Waals surface area contributed by atoms with Crippen molar-refractivity contribution < 1.29 is 13.2 Å². The van der Waals surface area contributed by atoms with Crippen LogP contribution >= 0.6 is 0 Å². The molecule has 7 heteroatoms. The van der Waals surface area contributed by atoms with Crippen molar-refractivity contribution in [2.45, 2.75) is 20.0 Å². The van der Waals surface area contributed by atoms with Crippen LogP contribution in [0.15, 0.2) is 18.2 Å². The number of alkyl halides is 3. The Morgan fingerprint density at radius 1 is 1.22 bits per heavy atom. The van der Waals surface area contributed by atoms with Crippen molar-refractivity contribution in [3.63, 3.8) is 0 Å². The number of nitrogens with zero attached hydrogens (tertiary/aromatic N) is 3. The minimum absolute atomic E-state index is 0.0992. The normalized spacial score (nSPS) is 11.8. The van der Waals surface area contributed by atoms with E-state index in [1.165, 1.54) is 16.8 Å². The second kappa shape index (κ2) is 4.01. The van der Waals surface area contributed by atoms with Gasteiger partial charge < -0.3 is 5.73 Å². The van der Waals surface area contributed by atoms with Crippen LogP contribution in [-0.2, 0) is 6.18 Å². The SMILES string of the molecule is Cc1nn(-c2cccc(C(F)(F)F)n2)c(C)c1N. The lowest BCUT2D eigenvalue weighted by Gasteiger charge is -2.08. The molecule has 2 N–H and O–H groups in total. The fourth-order valence-corrected chi connectivity index (χ4v) is 1.58. The average molecular weight is 256 g/mol. The van der Waals surface area contributed by atoms with Crippen LogP contribution in [0.4, 0.5) is 18.9 Å². The number of hydrogen-bond acceptors (Lipinski definition) is 3. The van der Waals surface area contributed by atoms with Gasteiger partial charge in [-0.2, -0.15) is 18.3 Å². The number of nitrogen functional groups attached to an aromatic ring is 1. The molecule has 0 amide bonds. The first-order valence-electron chi connectivity index (χ1n) is 5.17. The van der Waals surface area contributed by atoms with Crippen LogP contribution in [-0.4, -0.2) is 14.8 Å². The molecule has 2 aromatic rings. The van der Waals surface area contributed by atoms with Crippen LogP contribution in [0.3, 0.4) is 0 Å². The Hall–Kier alpha value is -2.05. The minimum Gasteiger partial charge on any atom is -0.396 e. The summed E-state index contributed by atoms with van der Waals surface area (Å²) in [4.78, 5) is 3.55. The van der Waals surface area contributed by atoms with Gasteiger partial charge in [0.1, 0.15) is 5.69 Å². The summed E-state index contributed by atoms with van der Waals surface area (Å²) in [6.45, 7) is 3.36. The van der Waals surface area contributed by atoms with E-state index < -0.39 is 11.9 Å². The van der Waals surface area contributed by atoms with Crippen molar-refractivity contribution in [1.29, 1.82) is 0 Å². The van der Waals surface area contributed by atoms with Gasteiger partial charge in [-0.05, 0) is 26.0 Å². The van der Waals surface area contributed by atoms with Gasteiger partial charge in [-0.1, -0.05) is 6.07 Å². The molecule has 18 heavy (non-hydrogen) atoms. The summed E-state index contributed by atoms with van der Waals surface area (Å²) in [5, 5.41) is 4.06. The average Bonchev–Trinajstić information content (AvgIpc) is 2.56. The summed E-state index contributed by atoms with van der Waals surface area (Å²) < 4.78 is 39.0. The molecule has 0 fully saturated rings. The molecular weight excluding hydrogens is 245 g/mol. The standard InChI is InChI=1S/C11H11F3N4/c1-6-10(15)7(2)18(17-6)9-5-3-4-8(16-9)11(12,13)14/h3-5H,15H2,1-2H3. The highest BCUT2D eigenvalue weighted by molar-refractivity contribution is 5.49. The lowest BCUT2D eigenvalue weighted by molar-refractivity contribution is -0.141. The first kappa shape index (κ1) is 12.4. The molecule has 2 rings (SSSR count). The number of aromatic nitrogens is 3. The molecule has 0 atom stereocenters. The zero-order valence-electron chi connectivity index (χ0n) is 9.78. The van der Waals surface area contributed by atoms with Crippen molar-refractivity contribution in [2.75, 3.05) is 5.73 Å². The predicted molar refractivity (Wildman–Crippen MR) is 60.2 cm³/mol. The second-order valence-corrected chi connectivity index (χ2v) is 3.88. The van der Waals surface area contributed by atoms with Crippen molar-refractivity contribution in [3.8, 4) is 5.82 Å². The molecule has 0 saturated carbocycles. The Morgan fingerprint density at radius 3 is 2.39 bits per heavy atom. The molecule has 4 nitrogen and oxygen atoms in total. The molecule has 0 unspecified atom stereocenters. The van der Waals surface area contributed by atoms with E-state index in [0.29, 0.717) is 17.1 Å². The largest absolute Gasteiger partial charge is 0.433 e. The van der Waals surface area contributed by atoms with Crippen LogP contribution in [0.2, 0.25) is 0 Å². The van der Waals surface area contributed by atoms with Crippen molar-refractivity contribution in [1.82, 2.24) is 14.8 Å². The number of rotatable bonds is 1. The van der Waals surface area contributed by atoms with E-state index in [4.69, 9.17) is 5.73 Å². The van der Waals surface area contributed by atoms with E-state index in [-0.39, 0.29) is 5.82 Å². The van der Waals surface area contributed by atoms with Crippen molar-refractivity contribution >= 4 is 5.69 Å². The summed E-state index contributed by atoms with van der Waals surface area (Å²) in [6.07, 6.45) is -4.47. The summed E-state index contributed by atoms with van der Waals surface area (Å²) in [5.41, 5.74) is 6.36. The maximum Gasteiger partial charge on any atom is 0.433 e. The first-order chi connectivity index (χ1) is 8.30. The molecule has 0 aromatic carbocycles. The number of hydrogen-bond donors (Lipinski definition) is 1. The lowest BCUT2D eigenvalue weighted by atomic mass is 10.3. The first-order valence-corrected chi connectivity index (χ1v) is 5.17. The van der Waals surface area contributed by atoms with Crippen LogP contribution in [0.5, 0.6) is 0 Å². The fraction of sp³-hybridized carbons (Fsp3) is 0.273. The van der Waals surface area contributed by atoms with E-state index in [9.17, 15) is 13.2 Å². The number of halogens is 3. The fourth-order valence-electron chi connectivity index (χ4n) is 1.58. The van der Waals surface area contributed by atoms with Crippen LogP contribution in [0.1, 0.15) is 17.1 Å². The zero-order valence-corrected chi connectivity index (χ0v) is 9.78. The van der Waals surface area contributed by atoms with E-state index >= 15 is 0 Å². The third-order valence-corrected chi connectivity index (χ3v) is 2.59.